The number of aryl methyl sites for hydroxylation is 1. The van der Waals surface area contributed by atoms with E-state index in [9.17, 15) is 14.4 Å². The predicted octanol–water partition coefficient (Wildman–Crippen LogP) is 5.35. The second kappa shape index (κ2) is 9.17. The van der Waals surface area contributed by atoms with Gasteiger partial charge in [-0.1, -0.05) is 61.3 Å². The number of benzene rings is 2. The summed E-state index contributed by atoms with van der Waals surface area (Å²) in [5.74, 6) is -1.09. The third-order valence-electron chi connectivity index (χ3n) is 4.06. The molecule has 0 spiro atoms. The summed E-state index contributed by atoms with van der Waals surface area (Å²) in [4.78, 5) is 12.6. The fourth-order valence-corrected chi connectivity index (χ4v) is 2.84. The minimum atomic E-state index is -0.549. The van der Waals surface area contributed by atoms with E-state index in [1.807, 2.05) is 43.3 Å². The molecule has 0 fully saturated rings. The Morgan fingerprint density at radius 3 is 2.62 bits per heavy atom. The van der Waals surface area contributed by atoms with Crippen molar-refractivity contribution in [2.24, 2.45) is 0 Å². The predicted molar refractivity (Wildman–Crippen MR) is 102 cm³/mol. The zero-order chi connectivity index (χ0) is 19.1. The number of amides is 1. The topological polar surface area (TPSA) is 52.9 Å². The number of rotatable bonds is 6. The number of hydrogen-bond acceptors (Lipinski definition) is 2. The van der Waals surface area contributed by atoms with Gasteiger partial charge in [0.15, 0.2) is 0 Å². The van der Waals surface area contributed by atoms with Gasteiger partial charge in [-0.25, -0.2) is 4.39 Å². The van der Waals surface area contributed by atoms with Crippen molar-refractivity contribution in [3.8, 4) is 6.07 Å². The van der Waals surface area contributed by atoms with Crippen LogP contribution in [-0.2, 0) is 4.79 Å². The van der Waals surface area contributed by atoms with Crippen LogP contribution in [0, 0.1) is 24.1 Å². The van der Waals surface area contributed by atoms with Crippen molar-refractivity contribution < 1.29 is 9.18 Å². The first-order chi connectivity index (χ1) is 12.5. The summed E-state index contributed by atoms with van der Waals surface area (Å²) in [6, 6.07) is 14.3. The molecule has 1 N–H and O–H groups in total. The number of hydrogen-bond donors (Lipinski definition) is 1. The Labute approximate surface area is 158 Å². The zero-order valence-corrected chi connectivity index (χ0v) is 15.5. The molecule has 134 valence electrons. The maximum Gasteiger partial charge on any atom is 0.262 e. The van der Waals surface area contributed by atoms with E-state index >= 15 is 0 Å². The maximum absolute atomic E-state index is 14.3. The summed E-state index contributed by atoms with van der Waals surface area (Å²) in [5.41, 5.74) is 1.21. The molecule has 3 nitrogen and oxygen atoms in total. The third-order valence-corrected chi connectivity index (χ3v) is 4.39. The van der Waals surface area contributed by atoms with Gasteiger partial charge in [0.1, 0.15) is 17.5 Å². The van der Waals surface area contributed by atoms with Gasteiger partial charge in [-0.3, -0.25) is 4.79 Å². The van der Waals surface area contributed by atoms with Gasteiger partial charge < -0.3 is 5.32 Å². The van der Waals surface area contributed by atoms with Gasteiger partial charge in [0.2, 0.25) is 0 Å². The van der Waals surface area contributed by atoms with Crippen molar-refractivity contribution >= 4 is 23.6 Å². The van der Waals surface area contributed by atoms with Gasteiger partial charge in [-0.05, 0) is 36.6 Å². The van der Waals surface area contributed by atoms with Gasteiger partial charge in [0, 0.05) is 5.56 Å². The molecular formula is C21H20ClFN2O. The SMILES string of the molecule is CCC[C@H](NC(=O)/C(C#N)=C/c1c(Cl)ccc(C)c1F)c1ccccc1. The summed E-state index contributed by atoms with van der Waals surface area (Å²) < 4.78 is 14.3. The van der Waals surface area contributed by atoms with Crippen molar-refractivity contribution in [1.82, 2.24) is 5.32 Å². The highest BCUT2D eigenvalue weighted by Gasteiger charge is 2.18. The number of nitrogens with zero attached hydrogens (tertiary/aromatic N) is 1. The molecule has 2 aromatic carbocycles. The van der Waals surface area contributed by atoms with E-state index in [-0.39, 0.29) is 22.2 Å². The van der Waals surface area contributed by atoms with E-state index in [0.717, 1.165) is 18.4 Å². The quantitative estimate of drug-likeness (QED) is 0.550. The molecule has 0 aliphatic carbocycles. The van der Waals surface area contributed by atoms with Crippen molar-refractivity contribution in [1.29, 1.82) is 5.26 Å². The molecule has 0 bridgehead atoms. The number of halogens is 2. The summed E-state index contributed by atoms with van der Waals surface area (Å²) in [5, 5.41) is 12.4. The first-order valence-corrected chi connectivity index (χ1v) is 8.78. The lowest BCUT2D eigenvalue weighted by Gasteiger charge is -2.18. The van der Waals surface area contributed by atoms with E-state index in [2.05, 4.69) is 5.32 Å². The van der Waals surface area contributed by atoms with Gasteiger partial charge in [-0.15, -0.1) is 0 Å². The average Bonchev–Trinajstić information content (AvgIpc) is 2.65. The number of carbonyl (C=O) groups excluding carboxylic acids is 1. The Balaban J connectivity index is 2.31. The summed E-state index contributed by atoms with van der Waals surface area (Å²) in [6.07, 6.45) is 2.80. The Morgan fingerprint density at radius 2 is 2.00 bits per heavy atom. The van der Waals surface area contributed by atoms with E-state index in [1.54, 1.807) is 19.1 Å². The lowest BCUT2D eigenvalue weighted by atomic mass is 10.0. The van der Waals surface area contributed by atoms with Gasteiger partial charge >= 0.3 is 0 Å². The van der Waals surface area contributed by atoms with Gasteiger partial charge in [-0.2, -0.15) is 5.26 Å². The molecule has 0 heterocycles. The van der Waals surface area contributed by atoms with Gasteiger partial charge in [0.05, 0.1) is 11.1 Å². The lowest BCUT2D eigenvalue weighted by molar-refractivity contribution is -0.117. The fraction of sp³-hybridized carbons (Fsp3) is 0.238. The van der Waals surface area contributed by atoms with Crippen molar-refractivity contribution in [2.75, 3.05) is 0 Å². The van der Waals surface area contributed by atoms with E-state index in [0.29, 0.717) is 5.56 Å². The highest BCUT2D eigenvalue weighted by atomic mass is 35.5. The zero-order valence-electron chi connectivity index (χ0n) is 14.7. The molecular weight excluding hydrogens is 351 g/mol. The van der Waals surface area contributed by atoms with Crippen LogP contribution in [0.3, 0.4) is 0 Å². The van der Waals surface area contributed by atoms with Crippen LogP contribution in [0.25, 0.3) is 6.08 Å². The molecule has 0 saturated carbocycles. The molecule has 0 aromatic heterocycles. The summed E-state index contributed by atoms with van der Waals surface area (Å²) in [6.45, 7) is 3.62. The van der Waals surface area contributed by atoms with E-state index in [4.69, 9.17) is 11.6 Å². The van der Waals surface area contributed by atoms with Crippen LogP contribution in [0.15, 0.2) is 48.0 Å². The van der Waals surface area contributed by atoms with Crippen molar-refractivity contribution in [2.45, 2.75) is 32.7 Å². The molecule has 26 heavy (non-hydrogen) atoms. The highest BCUT2D eigenvalue weighted by Crippen LogP contribution is 2.25. The molecule has 0 radical (unpaired) electrons. The minimum absolute atomic E-state index is 0.0464. The second-order valence-electron chi connectivity index (χ2n) is 5.99. The van der Waals surface area contributed by atoms with Crippen molar-refractivity contribution in [3.63, 3.8) is 0 Å². The molecule has 0 aliphatic rings. The summed E-state index contributed by atoms with van der Waals surface area (Å²) >= 11 is 6.03. The van der Waals surface area contributed by atoms with Crippen LogP contribution in [-0.4, -0.2) is 5.91 Å². The third kappa shape index (κ3) is 4.71. The van der Waals surface area contributed by atoms with Crippen LogP contribution in [0.1, 0.15) is 42.5 Å². The molecule has 2 aromatic rings. The van der Waals surface area contributed by atoms with E-state index < -0.39 is 11.7 Å². The van der Waals surface area contributed by atoms with Crippen LogP contribution in [0.4, 0.5) is 4.39 Å². The van der Waals surface area contributed by atoms with E-state index in [1.165, 1.54) is 6.08 Å². The van der Waals surface area contributed by atoms with Crippen LogP contribution < -0.4 is 5.32 Å². The Hall–Kier alpha value is -2.64. The molecule has 1 atom stereocenters. The molecule has 0 saturated heterocycles. The van der Waals surface area contributed by atoms with Crippen LogP contribution in [0.2, 0.25) is 5.02 Å². The Bertz CT molecular complexity index is 856. The molecule has 1 amide bonds. The standard InChI is InChI=1S/C21H20ClFN2O/c1-3-7-19(15-8-5-4-6-9-15)25-21(26)16(13-24)12-17-18(22)11-10-14(2)20(17)23/h4-6,8-12,19H,3,7H2,1-2H3,(H,25,26)/b16-12+/t19-/m0/s1. The second-order valence-corrected chi connectivity index (χ2v) is 6.39. The molecule has 0 unspecified atom stereocenters. The largest absolute Gasteiger partial charge is 0.345 e. The lowest BCUT2D eigenvalue weighted by Crippen LogP contribution is -2.29. The first-order valence-electron chi connectivity index (χ1n) is 8.40. The first kappa shape index (κ1) is 19.7. The normalized spacial score (nSPS) is 12.3. The molecule has 5 heteroatoms. The highest BCUT2D eigenvalue weighted by molar-refractivity contribution is 6.32. The Kier molecular flexibility index (Phi) is 6.94. The number of carbonyl (C=O) groups is 1. The van der Waals surface area contributed by atoms with Crippen molar-refractivity contribution in [3.05, 3.63) is 75.6 Å². The maximum atomic E-state index is 14.3. The molecule has 2 rings (SSSR count). The minimum Gasteiger partial charge on any atom is -0.345 e. The molecule has 0 aliphatic heterocycles. The number of nitrogens with one attached hydrogen (secondary N) is 1. The van der Waals surface area contributed by atoms with Gasteiger partial charge in [0.25, 0.3) is 5.91 Å². The average molecular weight is 371 g/mol. The van der Waals surface area contributed by atoms with Crippen LogP contribution in [0.5, 0.6) is 0 Å². The Morgan fingerprint density at radius 1 is 1.31 bits per heavy atom. The summed E-state index contributed by atoms with van der Waals surface area (Å²) in [7, 11) is 0. The smallest absolute Gasteiger partial charge is 0.262 e. The fourth-order valence-electron chi connectivity index (χ4n) is 2.64. The van der Waals surface area contributed by atoms with Crippen LogP contribution >= 0.6 is 11.6 Å². The number of nitriles is 1. The monoisotopic (exact) mass is 370 g/mol.